The van der Waals surface area contributed by atoms with Crippen molar-refractivity contribution in [1.29, 1.82) is 0 Å². The van der Waals surface area contributed by atoms with Gasteiger partial charge in [0.05, 0.1) is 6.04 Å². The minimum atomic E-state index is 0.227. The first-order valence-corrected chi connectivity index (χ1v) is 5.56. The Balaban J connectivity index is 2.09. The molecule has 0 aliphatic heterocycles. The van der Waals surface area contributed by atoms with Crippen LogP contribution in [-0.2, 0) is 0 Å². The molecule has 0 radical (unpaired) electrons. The molecule has 5 heteroatoms. The van der Waals surface area contributed by atoms with E-state index in [2.05, 4.69) is 39.0 Å². The number of nitrogens with two attached hydrogens (primary N) is 1. The smallest absolute Gasteiger partial charge is 0.131 e. The van der Waals surface area contributed by atoms with Crippen molar-refractivity contribution in [2.45, 2.75) is 13.0 Å². The van der Waals surface area contributed by atoms with E-state index in [0.717, 1.165) is 5.82 Å². The fraction of sp³-hybridized carbons (Fsp3) is 0.200. The Hall–Kier alpha value is -1.62. The highest BCUT2D eigenvalue weighted by Crippen LogP contribution is 2.20. The van der Waals surface area contributed by atoms with E-state index >= 15 is 0 Å². The summed E-state index contributed by atoms with van der Waals surface area (Å²) in [5.74, 6) is 1.23. The van der Waals surface area contributed by atoms with Gasteiger partial charge in [-0.3, -0.25) is 0 Å². The van der Waals surface area contributed by atoms with E-state index in [4.69, 9.17) is 5.73 Å². The standard InChI is InChI=1S/C10H12N4S/c1-7(8-2-3-15-5-8)14-10-4-9(11)12-6-13-10/h2-7H,1H3,(H3,11,12,13,14). The highest BCUT2D eigenvalue weighted by molar-refractivity contribution is 7.07. The van der Waals surface area contributed by atoms with Gasteiger partial charge < -0.3 is 11.1 Å². The lowest BCUT2D eigenvalue weighted by Gasteiger charge is -2.12. The molecular weight excluding hydrogens is 208 g/mol. The van der Waals surface area contributed by atoms with Crippen LogP contribution in [0.3, 0.4) is 0 Å². The van der Waals surface area contributed by atoms with Gasteiger partial charge in [0.2, 0.25) is 0 Å². The first kappa shape index (κ1) is 9.92. The van der Waals surface area contributed by atoms with Crippen LogP contribution in [0, 0.1) is 0 Å². The molecule has 0 saturated heterocycles. The number of hydrogen-bond acceptors (Lipinski definition) is 5. The molecule has 0 fully saturated rings. The summed E-state index contributed by atoms with van der Waals surface area (Å²) >= 11 is 1.68. The summed E-state index contributed by atoms with van der Waals surface area (Å²) in [6, 6.07) is 4.04. The van der Waals surface area contributed by atoms with Crippen molar-refractivity contribution in [1.82, 2.24) is 9.97 Å². The number of nitrogens with one attached hydrogen (secondary N) is 1. The monoisotopic (exact) mass is 220 g/mol. The lowest BCUT2D eigenvalue weighted by Crippen LogP contribution is -2.07. The number of aromatic nitrogens is 2. The highest BCUT2D eigenvalue weighted by Gasteiger charge is 2.06. The number of anilines is 2. The summed E-state index contributed by atoms with van der Waals surface area (Å²) in [5, 5.41) is 7.43. The third-order valence-electron chi connectivity index (χ3n) is 2.10. The molecule has 78 valence electrons. The summed E-state index contributed by atoms with van der Waals surface area (Å²) in [5.41, 5.74) is 6.81. The molecule has 3 N–H and O–H groups in total. The molecule has 0 spiro atoms. The van der Waals surface area contributed by atoms with Crippen molar-refractivity contribution in [2.24, 2.45) is 0 Å². The Morgan fingerprint density at radius 2 is 2.33 bits per heavy atom. The van der Waals surface area contributed by atoms with Crippen molar-refractivity contribution >= 4 is 23.0 Å². The quantitative estimate of drug-likeness (QED) is 0.833. The topological polar surface area (TPSA) is 63.8 Å². The summed E-state index contributed by atoms with van der Waals surface area (Å²) in [4.78, 5) is 7.93. The van der Waals surface area contributed by atoms with Gasteiger partial charge in [0.1, 0.15) is 18.0 Å². The van der Waals surface area contributed by atoms with Crippen LogP contribution in [0.25, 0.3) is 0 Å². The minimum Gasteiger partial charge on any atom is -0.384 e. The Bertz CT molecular complexity index is 427. The molecule has 0 bridgehead atoms. The predicted molar refractivity (Wildman–Crippen MR) is 62.8 cm³/mol. The molecule has 1 atom stereocenters. The highest BCUT2D eigenvalue weighted by atomic mass is 32.1. The maximum atomic E-state index is 5.56. The Morgan fingerprint density at radius 1 is 1.47 bits per heavy atom. The average molecular weight is 220 g/mol. The molecule has 0 aliphatic rings. The van der Waals surface area contributed by atoms with Crippen LogP contribution in [0.1, 0.15) is 18.5 Å². The van der Waals surface area contributed by atoms with Gasteiger partial charge in [0.15, 0.2) is 0 Å². The molecule has 2 aromatic rings. The van der Waals surface area contributed by atoms with Crippen LogP contribution in [0.5, 0.6) is 0 Å². The first-order chi connectivity index (χ1) is 7.25. The predicted octanol–water partition coefficient (Wildman–Crippen LogP) is 2.29. The molecule has 0 saturated carbocycles. The zero-order chi connectivity index (χ0) is 10.7. The second-order valence-corrected chi connectivity index (χ2v) is 4.03. The molecular formula is C10H12N4S. The van der Waals surface area contributed by atoms with E-state index in [1.165, 1.54) is 11.9 Å². The van der Waals surface area contributed by atoms with Gasteiger partial charge in [-0.05, 0) is 29.3 Å². The molecule has 2 rings (SSSR count). The zero-order valence-electron chi connectivity index (χ0n) is 8.34. The van der Waals surface area contributed by atoms with Gasteiger partial charge >= 0.3 is 0 Å². The number of rotatable bonds is 3. The van der Waals surface area contributed by atoms with E-state index in [1.807, 2.05) is 0 Å². The van der Waals surface area contributed by atoms with Crippen molar-refractivity contribution < 1.29 is 0 Å². The van der Waals surface area contributed by atoms with Crippen LogP contribution in [0.4, 0.5) is 11.6 Å². The van der Waals surface area contributed by atoms with Gasteiger partial charge in [-0.1, -0.05) is 0 Å². The lowest BCUT2D eigenvalue weighted by atomic mass is 10.2. The second kappa shape index (κ2) is 4.27. The number of thiophene rings is 1. The second-order valence-electron chi connectivity index (χ2n) is 3.25. The third kappa shape index (κ3) is 2.44. The van der Waals surface area contributed by atoms with Gasteiger partial charge in [0.25, 0.3) is 0 Å². The Labute approximate surface area is 92.2 Å². The molecule has 2 aromatic heterocycles. The number of nitrogen functional groups attached to an aromatic ring is 1. The van der Waals surface area contributed by atoms with Crippen LogP contribution < -0.4 is 11.1 Å². The van der Waals surface area contributed by atoms with Crippen LogP contribution in [0.15, 0.2) is 29.2 Å². The van der Waals surface area contributed by atoms with E-state index in [-0.39, 0.29) is 6.04 Å². The summed E-state index contributed by atoms with van der Waals surface area (Å²) in [6.07, 6.45) is 1.46. The summed E-state index contributed by atoms with van der Waals surface area (Å²) in [7, 11) is 0. The van der Waals surface area contributed by atoms with Crippen LogP contribution >= 0.6 is 11.3 Å². The minimum absolute atomic E-state index is 0.227. The molecule has 2 heterocycles. The van der Waals surface area contributed by atoms with E-state index in [1.54, 1.807) is 17.4 Å². The summed E-state index contributed by atoms with van der Waals surface area (Å²) < 4.78 is 0. The largest absolute Gasteiger partial charge is 0.384 e. The van der Waals surface area contributed by atoms with Crippen LogP contribution in [0.2, 0.25) is 0 Å². The zero-order valence-corrected chi connectivity index (χ0v) is 9.16. The van der Waals surface area contributed by atoms with Gasteiger partial charge in [-0.25, -0.2) is 9.97 Å². The van der Waals surface area contributed by atoms with E-state index < -0.39 is 0 Å². The SMILES string of the molecule is CC(Nc1cc(N)ncn1)c1ccsc1. The number of nitrogens with zero attached hydrogens (tertiary/aromatic N) is 2. The molecule has 15 heavy (non-hydrogen) atoms. The van der Waals surface area contributed by atoms with Crippen molar-refractivity contribution in [3.8, 4) is 0 Å². The van der Waals surface area contributed by atoms with Gasteiger partial charge in [-0.15, -0.1) is 0 Å². The van der Waals surface area contributed by atoms with Crippen molar-refractivity contribution in [3.63, 3.8) is 0 Å². The molecule has 0 aliphatic carbocycles. The number of hydrogen-bond donors (Lipinski definition) is 2. The summed E-state index contributed by atoms with van der Waals surface area (Å²) in [6.45, 7) is 2.08. The van der Waals surface area contributed by atoms with Gasteiger partial charge in [0, 0.05) is 6.07 Å². The maximum absolute atomic E-state index is 5.56. The molecule has 4 nitrogen and oxygen atoms in total. The normalized spacial score (nSPS) is 12.3. The Morgan fingerprint density at radius 3 is 3.00 bits per heavy atom. The van der Waals surface area contributed by atoms with Crippen molar-refractivity contribution in [3.05, 3.63) is 34.8 Å². The van der Waals surface area contributed by atoms with E-state index in [9.17, 15) is 0 Å². The molecule has 0 aromatic carbocycles. The maximum Gasteiger partial charge on any atom is 0.131 e. The fourth-order valence-corrected chi connectivity index (χ4v) is 2.03. The molecule has 0 amide bonds. The van der Waals surface area contributed by atoms with E-state index in [0.29, 0.717) is 5.82 Å². The van der Waals surface area contributed by atoms with Crippen molar-refractivity contribution in [2.75, 3.05) is 11.1 Å². The average Bonchev–Trinajstić information content (AvgIpc) is 2.70. The third-order valence-corrected chi connectivity index (χ3v) is 2.80. The fourth-order valence-electron chi connectivity index (χ4n) is 1.28. The first-order valence-electron chi connectivity index (χ1n) is 4.62. The van der Waals surface area contributed by atoms with Gasteiger partial charge in [-0.2, -0.15) is 11.3 Å². The molecule has 1 unspecified atom stereocenters. The lowest BCUT2D eigenvalue weighted by molar-refractivity contribution is 0.877. The van der Waals surface area contributed by atoms with Crippen LogP contribution in [-0.4, -0.2) is 9.97 Å². The Kier molecular flexibility index (Phi) is 2.82.